The lowest BCUT2D eigenvalue weighted by molar-refractivity contribution is -0.116. The highest BCUT2D eigenvalue weighted by Crippen LogP contribution is 2.33. The Morgan fingerprint density at radius 2 is 1.85 bits per heavy atom. The van der Waals surface area contributed by atoms with Gasteiger partial charge >= 0.3 is 0 Å². The monoisotopic (exact) mass is 572 g/mol. The number of aromatic nitrogens is 2. The largest absolute Gasteiger partial charge is 0.454 e. The van der Waals surface area contributed by atoms with E-state index in [1.807, 2.05) is 74.5 Å². The molecule has 3 aromatic carbocycles. The first-order valence-electron chi connectivity index (χ1n) is 13.8. The van der Waals surface area contributed by atoms with Gasteiger partial charge in [-0.1, -0.05) is 30.0 Å². The first kappa shape index (κ1) is 27.2. The van der Waals surface area contributed by atoms with Gasteiger partial charge in [0.2, 0.25) is 12.7 Å². The topological polar surface area (TPSA) is 86.1 Å². The highest BCUT2D eigenvalue weighted by atomic mass is 32.2. The van der Waals surface area contributed by atoms with Crippen LogP contribution in [0.5, 0.6) is 11.5 Å². The highest BCUT2D eigenvalue weighted by Gasteiger charge is 2.20. The van der Waals surface area contributed by atoms with Crippen molar-refractivity contribution < 1.29 is 19.0 Å². The van der Waals surface area contributed by atoms with Crippen molar-refractivity contribution in [3.05, 3.63) is 82.1 Å². The van der Waals surface area contributed by atoms with E-state index in [9.17, 15) is 9.59 Å². The van der Waals surface area contributed by atoms with Crippen LogP contribution in [0.25, 0.3) is 10.9 Å². The van der Waals surface area contributed by atoms with Gasteiger partial charge in [-0.05, 0) is 67.4 Å². The molecule has 3 heterocycles. The molecular weight excluding hydrogens is 540 g/mol. The van der Waals surface area contributed by atoms with Gasteiger partial charge in [0, 0.05) is 31.0 Å². The molecule has 2 aliphatic heterocycles. The van der Waals surface area contributed by atoms with Crippen LogP contribution in [-0.4, -0.2) is 60.9 Å². The second-order valence-electron chi connectivity index (χ2n) is 10.0. The summed E-state index contributed by atoms with van der Waals surface area (Å²) in [5, 5.41) is 1.04. The molecule has 0 N–H and O–H groups in total. The Labute approximate surface area is 242 Å². The molecule has 4 aromatic rings. The summed E-state index contributed by atoms with van der Waals surface area (Å²) < 4.78 is 18.2. The van der Waals surface area contributed by atoms with E-state index in [0.717, 1.165) is 35.6 Å². The van der Waals surface area contributed by atoms with Crippen molar-refractivity contribution in [1.29, 1.82) is 0 Å². The van der Waals surface area contributed by atoms with Gasteiger partial charge in [-0.2, -0.15) is 0 Å². The summed E-state index contributed by atoms with van der Waals surface area (Å²) in [6.07, 6.45) is 0. The molecule has 0 spiro atoms. The molecule has 10 heteroatoms. The van der Waals surface area contributed by atoms with Crippen LogP contribution >= 0.6 is 11.8 Å². The average molecular weight is 573 g/mol. The summed E-state index contributed by atoms with van der Waals surface area (Å²) >= 11 is 1.28. The van der Waals surface area contributed by atoms with Gasteiger partial charge in [-0.15, -0.1) is 0 Å². The van der Waals surface area contributed by atoms with E-state index in [4.69, 9.17) is 19.2 Å². The number of aryl methyl sites for hydroxylation is 1. The number of nitrogens with zero attached hydrogens (tertiary/aromatic N) is 4. The fraction of sp³-hybridized carbons (Fsp3) is 0.323. The summed E-state index contributed by atoms with van der Waals surface area (Å²) in [7, 11) is 0. The fourth-order valence-corrected chi connectivity index (χ4v) is 6.06. The minimum absolute atomic E-state index is 0.0465. The Balaban J connectivity index is 1.34. The number of fused-ring (bicyclic) bond motifs is 2. The zero-order valence-electron chi connectivity index (χ0n) is 23.2. The minimum Gasteiger partial charge on any atom is -0.454 e. The van der Waals surface area contributed by atoms with Crippen molar-refractivity contribution >= 4 is 39.9 Å². The van der Waals surface area contributed by atoms with Crippen molar-refractivity contribution in [2.45, 2.75) is 25.5 Å². The van der Waals surface area contributed by atoms with Crippen LogP contribution in [0.3, 0.4) is 0 Å². The van der Waals surface area contributed by atoms with Gasteiger partial charge in [0.05, 0.1) is 36.4 Å². The van der Waals surface area contributed by atoms with Gasteiger partial charge in [0.25, 0.3) is 5.56 Å². The Bertz CT molecular complexity index is 1650. The Morgan fingerprint density at radius 1 is 1.02 bits per heavy atom. The van der Waals surface area contributed by atoms with Crippen molar-refractivity contribution in [3.63, 3.8) is 0 Å². The minimum atomic E-state index is -0.149. The van der Waals surface area contributed by atoms with Crippen molar-refractivity contribution in [2.24, 2.45) is 0 Å². The predicted molar refractivity (Wildman–Crippen MR) is 161 cm³/mol. The number of thioether (sulfide) groups is 1. The van der Waals surface area contributed by atoms with Gasteiger partial charge in [0.15, 0.2) is 16.7 Å². The number of ether oxygens (including phenoxy) is 3. The molecule has 0 aliphatic carbocycles. The van der Waals surface area contributed by atoms with Crippen LogP contribution in [0.4, 0.5) is 11.4 Å². The smallest absolute Gasteiger partial charge is 0.262 e. The molecule has 2 aliphatic rings. The highest BCUT2D eigenvalue weighted by molar-refractivity contribution is 7.99. The molecule has 1 fully saturated rings. The molecular formula is C31H32N4O5S. The molecule has 212 valence electrons. The third kappa shape index (κ3) is 5.75. The van der Waals surface area contributed by atoms with Gasteiger partial charge < -0.3 is 24.0 Å². The second kappa shape index (κ2) is 11.8. The predicted octanol–water partition coefficient (Wildman–Crippen LogP) is 4.46. The fourth-order valence-electron chi connectivity index (χ4n) is 5.18. The maximum atomic E-state index is 14.0. The molecule has 0 bridgehead atoms. The van der Waals surface area contributed by atoms with Crippen molar-refractivity contribution in [3.8, 4) is 11.5 Å². The molecule has 0 unspecified atom stereocenters. The zero-order chi connectivity index (χ0) is 28.3. The molecule has 41 heavy (non-hydrogen) atoms. The Kier molecular flexibility index (Phi) is 7.84. The first-order valence-corrected chi connectivity index (χ1v) is 14.7. The van der Waals surface area contributed by atoms with Crippen molar-refractivity contribution in [2.75, 3.05) is 55.2 Å². The number of carbonyl (C=O) groups is 1. The number of amides is 1. The number of carbonyl (C=O) groups excluding carboxylic acids is 1. The quantitative estimate of drug-likeness (QED) is 0.226. The van der Waals surface area contributed by atoms with E-state index in [1.165, 1.54) is 11.8 Å². The number of anilines is 2. The molecule has 1 aromatic heterocycles. The molecule has 9 nitrogen and oxygen atoms in total. The van der Waals surface area contributed by atoms with E-state index in [0.29, 0.717) is 47.3 Å². The van der Waals surface area contributed by atoms with E-state index in [-0.39, 0.29) is 30.6 Å². The molecule has 0 saturated carbocycles. The summed E-state index contributed by atoms with van der Waals surface area (Å²) in [4.78, 5) is 36.3. The summed E-state index contributed by atoms with van der Waals surface area (Å²) in [6, 6.07) is 19.4. The number of morpholine rings is 1. The molecule has 6 rings (SSSR count). The SMILES string of the molecule is CCN(C(=O)CSc1nc2ccc(N3CCOCC3)cc2c(=O)n1Cc1ccc2c(c1)OCO2)c1cccc(C)c1. The summed E-state index contributed by atoms with van der Waals surface area (Å²) in [5.74, 6) is 1.44. The maximum Gasteiger partial charge on any atom is 0.262 e. The van der Waals surface area contributed by atoms with Crippen molar-refractivity contribution in [1.82, 2.24) is 9.55 Å². The van der Waals surface area contributed by atoms with Crippen LogP contribution in [0.1, 0.15) is 18.1 Å². The van der Waals surface area contributed by atoms with Gasteiger partial charge in [-0.3, -0.25) is 14.2 Å². The van der Waals surface area contributed by atoms with Crippen LogP contribution in [0.15, 0.2) is 70.6 Å². The third-order valence-corrected chi connectivity index (χ3v) is 8.27. The van der Waals surface area contributed by atoms with Crippen LogP contribution in [-0.2, 0) is 16.1 Å². The summed E-state index contributed by atoms with van der Waals surface area (Å²) in [5.41, 5.74) is 4.26. The maximum absolute atomic E-state index is 14.0. The number of hydrogen-bond acceptors (Lipinski definition) is 8. The van der Waals surface area contributed by atoms with E-state index in [2.05, 4.69) is 4.90 Å². The Morgan fingerprint density at radius 3 is 2.66 bits per heavy atom. The number of hydrogen-bond donors (Lipinski definition) is 0. The molecule has 1 saturated heterocycles. The summed E-state index contributed by atoms with van der Waals surface area (Å²) in [6.45, 7) is 7.84. The van der Waals surface area contributed by atoms with Crippen LogP contribution in [0, 0.1) is 6.92 Å². The lowest BCUT2D eigenvalue weighted by Crippen LogP contribution is -2.36. The lowest BCUT2D eigenvalue weighted by Gasteiger charge is -2.29. The van der Waals surface area contributed by atoms with Gasteiger partial charge in [-0.25, -0.2) is 4.98 Å². The first-order chi connectivity index (χ1) is 20.0. The number of benzene rings is 3. The third-order valence-electron chi connectivity index (χ3n) is 7.31. The molecule has 1 amide bonds. The average Bonchev–Trinajstić information content (AvgIpc) is 3.46. The van der Waals surface area contributed by atoms with E-state index >= 15 is 0 Å². The van der Waals surface area contributed by atoms with E-state index in [1.54, 1.807) is 9.47 Å². The zero-order valence-corrected chi connectivity index (χ0v) is 24.0. The lowest BCUT2D eigenvalue weighted by atomic mass is 10.1. The molecule has 0 radical (unpaired) electrons. The van der Waals surface area contributed by atoms with Crippen LogP contribution in [0.2, 0.25) is 0 Å². The van der Waals surface area contributed by atoms with Crippen LogP contribution < -0.4 is 24.8 Å². The van der Waals surface area contributed by atoms with E-state index < -0.39 is 0 Å². The number of rotatable bonds is 8. The standard InChI is InChI=1S/C31H32N4O5S/c1-3-34(24-6-4-5-21(2)15-24)29(36)19-41-31-32-26-9-8-23(33-11-13-38-14-12-33)17-25(26)30(37)35(31)18-22-7-10-27-28(16-22)40-20-39-27/h4-10,15-17H,3,11-14,18-20H2,1-2H3. The van der Waals surface area contributed by atoms with Gasteiger partial charge in [0.1, 0.15) is 0 Å². The second-order valence-corrected chi connectivity index (χ2v) is 11.0. The Hall–Kier alpha value is -4.02. The molecule has 0 atom stereocenters. The normalized spacial score (nSPS) is 14.4.